The number of benzene rings is 1. The molecule has 0 unspecified atom stereocenters. The average Bonchev–Trinajstić information content (AvgIpc) is 3.45. The molecule has 1 aliphatic carbocycles. The number of carbonyl (C=O) groups is 1. The maximum absolute atomic E-state index is 12.9. The Kier molecular flexibility index (Phi) is 5.69. The van der Waals surface area contributed by atoms with Crippen LogP contribution in [0.15, 0.2) is 49.1 Å². The first-order chi connectivity index (χ1) is 14.1. The highest BCUT2D eigenvalue weighted by atomic mass is 16.1. The first-order valence-electron chi connectivity index (χ1n) is 10.3. The largest absolute Gasteiger partial charge is 0.356 e. The number of aromatic nitrogens is 4. The summed E-state index contributed by atoms with van der Waals surface area (Å²) in [5, 5.41) is 0. The lowest BCUT2D eigenvalue weighted by Crippen LogP contribution is -2.27. The minimum Gasteiger partial charge on any atom is -0.356 e. The molecule has 0 saturated heterocycles. The Hall–Kier alpha value is -3.02. The van der Waals surface area contributed by atoms with E-state index in [9.17, 15) is 4.79 Å². The van der Waals surface area contributed by atoms with Crippen LogP contribution in [0.1, 0.15) is 48.1 Å². The summed E-state index contributed by atoms with van der Waals surface area (Å²) in [4.78, 5) is 28.2. The summed E-state index contributed by atoms with van der Waals surface area (Å²) >= 11 is 0. The van der Waals surface area contributed by atoms with Crippen molar-refractivity contribution in [3.63, 3.8) is 0 Å². The highest BCUT2D eigenvalue weighted by molar-refractivity contribution is 5.96. The quantitative estimate of drug-likeness (QED) is 0.517. The van der Waals surface area contributed by atoms with Crippen molar-refractivity contribution in [2.24, 2.45) is 5.92 Å². The number of imidazole rings is 1. The van der Waals surface area contributed by atoms with Crippen LogP contribution in [-0.2, 0) is 6.42 Å². The van der Waals surface area contributed by atoms with Crippen LogP contribution in [0, 0.1) is 12.8 Å². The number of hydrogen-bond donors (Lipinski definition) is 0. The van der Waals surface area contributed by atoms with E-state index in [-0.39, 0.29) is 5.78 Å². The molecule has 4 rings (SSSR count). The van der Waals surface area contributed by atoms with Gasteiger partial charge in [0.2, 0.25) is 0 Å². The van der Waals surface area contributed by atoms with Gasteiger partial charge in [0.1, 0.15) is 23.7 Å². The molecule has 29 heavy (non-hydrogen) atoms. The first-order valence-corrected chi connectivity index (χ1v) is 10.3. The Morgan fingerprint density at radius 3 is 2.79 bits per heavy atom. The van der Waals surface area contributed by atoms with Gasteiger partial charge in [0.25, 0.3) is 0 Å². The lowest BCUT2D eigenvalue weighted by molar-refractivity contribution is 0.0988. The summed E-state index contributed by atoms with van der Waals surface area (Å²) in [5.41, 5.74) is 2.45. The maximum atomic E-state index is 12.9. The topological polar surface area (TPSA) is 63.9 Å². The van der Waals surface area contributed by atoms with Crippen LogP contribution in [0.25, 0.3) is 5.69 Å². The molecule has 0 bridgehead atoms. The van der Waals surface area contributed by atoms with Crippen LogP contribution < -0.4 is 4.90 Å². The van der Waals surface area contributed by atoms with E-state index in [2.05, 4.69) is 26.8 Å². The lowest BCUT2D eigenvalue weighted by Gasteiger charge is -2.23. The summed E-state index contributed by atoms with van der Waals surface area (Å²) < 4.78 is 2.01. The fourth-order valence-corrected chi connectivity index (χ4v) is 3.60. The first kappa shape index (κ1) is 19.3. The van der Waals surface area contributed by atoms with Crippen molar-refractivity contribution in [3.8, 4) is 5.69 Å². The van der Waals surface area contributed by atoms with Gasteiger partial charge in [-0.3, -0.25) is 4.79 Å². The van der Waals surface area contributed by atoms with Crippen molar-refractivity contribution in [1.29, 1.82) is 0 Å². The predicted molar refractivity (Wildman–Crippen MR) is 114 cm³/mol. The molecule has 0 aliphatic heterocycles. The van der Waals surface area contributed by atoms with Gasteiger partial charge >= 0.3 is 0 Å². The molecule has 0 amide bonds. The molecule has 2 heterocycles. The zero-order valence-corrected chi connectivity index (χ0v) is 17.1. The molecule has 0 spiro atoms. The number of anilines is 1. The summed E-state index contributed by atoms with van der Waals surface area (Å²) in [5.74, 6) is 2.56. The Balaban J connectivity index is 1.51. The van der Waals surface area contributed by atoms with Gasteiger partial charge in [-0.2, -0.15) is 0 Å². The van der Waals surface area contributed by atoms with E-state index in [0.717, 1.165) is 48.3 Å². The van der Waals surface area contributed by atoms with E-state index in [0.29, 0.717) is 12.1 Å². The van der Waals surface area contributed by atoms with E-state index >= 15 is 0 Å². The van der Waals surface area contributed by atoms with E-state index in [4.69, 9.17) is 0 Å². The zero-order valence-electron chi connectivity index (χ0n) is 17.1. The highest BCUT2D eigenvalue weighted by Gasteiger charge is 2.25. The Bertz CT molecular complexity index is 992. The fourth-order valence-electron chi connectivity index (χ4n) is 3.60. The molecule has 1 saturated carbocycles. The molecule has 0 atom stereocenters. The second-order valence-electron chi connectivity index (χ2n) is 7.77. The zero-order chi connectivity index (χ0) is 20.2. The number of hydrogen-bond acceptors (Lipinski definition) is 5. The molecule has 6 nitrogen and oxygen atoms in total. The number of Topliss-reactive ketones (excluding diaryl/α,β-unsaturated/α-hetero) is 1. The summed E-state index contributed by atoms with van der Waals surface area (Å²) in [6, 6.07) is 9.86. The van der Waals surface area contributed by atoms with Crippen molar-refractivity contribution < 1.29 is 4.79 Å². The van der Waals surface area contributed by atoms with Gasteiger partial charge in [-0.1, -0.05) is 19.1 Å². The number of ketones is 1. The van der Waals surface area contributed by atoms with Gasteiger partial charge in [-0.25, -0.2) is 15.0 Å². The van der Waals surface area contributed by atoms with E-state index < -0.39 is 0 Å². The number of rotatable bonds is 9. The van der Waals surface area contributed by atoms with Crippen LogP contribution >= 0.6 is 0 Å². The molecule has 1 aromatic carbocycles. The van der Waals surface area contributed by atoms with Crippen molar-refractivity contribution in [1.82, 2.24) is 19.5 Å². The molecular formula is C23H27N5O. The molecule has 0 N–H and O–H groups in total. The highest BCUT2D eigenvalue weighted by Crippen LogP contribution is 2.31. The summed E-state index contributed by atoms with van der Waals surface area (Å²) in [7, 11) is 0. The van der Waals surface area contributed by atoms with Crippen LogP contribution in [0.2, 0.25) is 0 Å². The predicted octanol–water partition coefficient (Wildman–Crippen LogP) is 4.02. The SMILES string of the molecule is CCCN(CC1CC1)c1cc(C(=O)Cc2cccc(-n3ccnc3C)c2)ncn1. The minimum atomic E-state index is 0.0102. The molecule has 0 radical (unpaired) electrons. The second-order valence-corrected chi connectivity index (χ2v) is 7.77. The van der Waals surface area contributed by atoms with Gasteiger partial charge in [0.05, 0.1) is 0 Å². The van der Waals surface area contributed by atoms with Gasteiger partial charge < -0.3 is 9.47 Å². The molecule has 3 aromatic rings. The van der Waals surface area contributed by atoms with Crippen molar-refractivity contribution in [3.05, 3.63) is 66.1 Å². The standard InChI is InChI=1S/C23H27N5O/c1-3-10-27(15-18-7-8-18)23-14-21(25-16-26-23)22(29)13-19-5-4-6-20(12-19)28-11-9-24-17(28)2/h4-6,9,11-12,14,16,18H,3,7-8,10,13,15H2,1-2H3. The van der Waals surface area contributed by atoms with Gasteiger partial charge in [-0.15, -0.1) is 0 Å². The smallest absolute Gasteiger partial charge is 0.185 e. The van der Waals surface area contributed by atoms with Crippen LogP contribution in [-0.4, -0.2) is 38.4 Å². The lowest BCUT2D eigenvalue weighted by atomic mass is 10.1. The molecular weight excluding hydrogens is 362 g/mol. The van der Waals surface area contributed by atoms with Gasteiger partial charge in [0, 0.05) is 43.7 Å². The minimum absolute atomic E-state index is 0.0102. The fraction of sp³-hybridized carbons (Fsp3) is 0.391. The molecule has 1 fully saturated rings. The maximum Gasteiger partial charge on any atom is 0.185 e. The monoisotopic (exact) mass is 389 g/mol. The number of aryl methyl sites for hydroxylation is 1. The number of nitrogens with zero attached hydrogens (tertiary/aromatic N) is 5. The van der Waals surface area contributed by atoms with E-state index in [1.54, 1.807) is 6.20 Å². The average molecular weight is 390 g/mol. The van der Waals surface area contributed by atoms with Gasteiger partial charge in [-0.05, 0) is 49.8 Å². The van der Waals surface area contributed by atoms with E-state index in [1.807, 2.05) is 48.0 Å². The van der Waals surface area contributed by atoms with Crippen LogP contribution in [0.3, 0.4) is 0 Å². The Labute approximate surface area is 171 Å². The van der Waals surface area contributed by atoms with Crippen LogP contribution in [0.5, 0.6) is 0 Å². The van der Waals surface area contributed by atoms with E-state index in [1.165, 1.54) is 19.2 Å². The summed E-state index contributed by atoms with van der Waals surface area (Å²) in [6.45, 7) is 6.10. The third-order valence-electron chi connectivity index (χ3n) is 5.31. The summed E-state index contributed by atoms with van der Waals surface area (Å²) in [6.07, 6.45) is 9.18. The normalized spacial score (nSPS) is 13.4. The Morgan fingerprint density at radius 1 is 1.21 bits per heavy atom. The number of carbonyl (C=O) groups excluding carboxylic acids is 1. The van der Waals surface area contributed by atoms with Crippen molar-refractivity contribution >= 4 is 11.6 Å². The van der Waals surface area contributed by atoms with Crippen molar-refractivity contribution in [2.75, 3.05) is 18.0 Å². The van der Waals surface area contributed by atoms with Crippen molar-refractivity contribution in [2.45, 2.75) is 39.5 Å². The molecule has 2 aromatic heterocycles. The Morgan fingerprint density at radius 2 is 2.07 bits per heavy atom. The third-order valence-corrected chi connectivity index (χ3v) is 5.31. The van der Waals surface area contributed by atoms with Crippen LogP contribution in [0.4, 0.5) is 5.82 Å². The molecule has 150 valence electrons. The molecule has 1 aliphatic rings. The third kappa shape index (κ3) is 4.70. The van der Waals surface area contributed by atoms with Gasteiger partial charge in [0.15, 0.2) is 5.78 Å². The second kappa shape index (κ2) is 8.55. The molecule has 6 heteroatoms.